The molecule has 0 fully saturated rings. The number of ether oxygens (including phenoxy) is 1. The third kappa shape index (κ3) is 6.56. The first-order chi connectivity index (χ1) is 9.21. The number of benzene rings is 1. The van der Waals surface area contributed by atoms with Crippen LogP contribution in [0.1, 0.15) is 31.9 Å². The Bertz CT molecular complexity index is 384. The van der Waals surface area contributed by atoms with E-state index < -0.39 is 0 Å². The maximum absolute atomic E-state index is 5.52. The van der Waals surface area contributed by atoms with Crippen LogP contribution in [0.3, 0.4) is 0 Å². The molecule has 2 atom stereocenters. The normalized spacial score (nSPS) is 14.1. The summed E-state index contributed by atoms with van der Waals surface area (Å²) in [6, 6.07) is 10.6. The molecule has 0 saturated heterocycles. The van der Waals surface area contributed by atoms with Gasteiger partial charge in [-0.15, -0.1) is 24.0 Å². The van der Waals surface area contributed by atoms with Crippen LogP contribution in [-0.2, 0) is 4.74 Å². The number of methoxy groups -OCH3 is 1. The SMILES string of the molecule is CCC(C)NC(=NC)NCC(OC)c1ccccc1.I. The molecule has 0 aromatic heterocycles. The van der Waals surface area contributed by atoms with Crippen LogP contribution in [0, 0.1) is 0 Å². The lowest BCUT2D eigenvalue weighted by atomic mass is 10.1. The summed E-state index contributed by atoms with van der Waals surface area (Å²) < 4.78 is 5.52. The minimum Gasteiger partial charge on any atom is -0.375 e. The smallest absolute Gasteiger partial charge is 0.191 e. The second kappa shape index (κ2) is 10.9. The van der Waals surface area contributed by atoms with Crippen molar-refractivity contribution in [2.24, 2.45) is 4.99 Å². The Kier molecular flexibility index (Phi) is 10.5. The monoisotopic (exact) mass is 391 g/mol. The number of hydrogen-bond donors (Lipinski definition) is 2. The van der Waals surface area contributed by atoms with Gasteiger partial charge in [0.2, 0.25) is 0 Å². The van der Waals surface area contributed by atoms with Gasteiger partial charge in [-0.3, -0.25) is 4.99 Å². The molecule has 0 saturated carbocycles. The zero-order valence-corrected chi connectivity index (χ0v) is 15.0. The Morgan fingerprint density at radius 2 is 1.95 bits per heavy atom. The van der Waals surface area contributed by atoms with Gasteiger partial charge in [0.05, 0.1) is 6.10 Å². The predicted octanol–water partition coefficient (Wildman–Crippen LogP) is 2.96. The third-order valence-corrected chi connectivity index (χ3v) is 3.13. The van der Waals surface area contributed by atoms with Gasteiger partial charge in [0.1, 0.15) is 0 Å². The highest BCUT2D eigenvalue weighted by Gasteiger charge is 2.11. The zero-order chi connectivity index (χ0) is 14.1. The lowest BCUT2D eigenvalue weighted by Crippen LogP contribution is -2.43. The van der Waals surface area contributed by atoms with Crippen LogP contribution in [-0.4, -0.2) is 32.7 Å². The molecule has 0 spiro atoms. The first-order valence-corrected chi connectivity index (χ1v) is 6.76. The maximum atomic E-state index is 5.52. The van der Waals surface area contributed by atoms with Gasteiger partial charge in [-0.25, -0.2) is 0 Å². The van der Waals surface area contributed by atoms with Gasteiger partial charge in [0.15, 0.2) is 5.96 Å². The summed E-state index contributed by atoms with van der Waals surface area (Å²) in [7, 11) is 3.51. The van der Waals surface area contributed by atoms with E-state index in [2.05, 4.69) is 41.6 Å². The topological polar surface area (TPSA) is 45.7 Å². The van der Waals surface area contributed by atoms with Gasteiger partial charge >= 0.3 is 0 Å². The Morgan fingerprint density at radius 1 is 1.30 bits per heavy atom. The molecule has 0 heterocycles. The highest BCUT2D eigenvalue weighted by Crippen LogP contribution is 2.14. The lowest BCUT2D eigenvalue weighted by molar-refractivity contribution is 0.106. The molecular weight excluding hydrogens is 365 g/mol. The molecule has 0 radical (unpaired) electrons. The zero-order valence-electron chi connectivity index (χ0n) is 12.7. The van der Waals surface area contributed by atoms with E-state index in [1.165, 1.54) is 0 Å². The molecule has 1 aromatic carbocycles. The molecule has 1 rings (SSSR count). The Labute approximate surface area is 139 Å². The molecule has 0 amide bonds. The number of hydrogen-bond acceptors (Lipinski definition) is 2. The molecular formula is C15H26IN3O. The van der Waals surface area contributed by atoms with Gasteiger partial charge in [0.25, 0.3) is 0 Å². The number of guanidine groups is 1. The van der Waals surface area contributed by atoms with Crippen molar-refractivity contribution in [3.8, 4) is 0 Å². The number of nitrogens with one attached hydrogen (secondary N) is 2. The second-order valence-electron chi connectivity index (χ2n) is 4.54. The molecule has 2 N–H and O–H groups in total. The molecule has 0 aliphatic heterocycles. The summed E-state index contributed by atoms with van der Waals surface area (Å²) in [4.78, 5) is 4.21. The van der Waals surface area contributed by atoms with Crippen LogP contribution in [0.25, 0.3) is 0 Å². The fraction of sp³-hybridized carbons (Fsp3) is 0.533. The quantitative estimate of drug-likeness (QED) is 0.445. The second-order valence-corrected chi connectivity index (χ2v) is 4.54. The third-order valence-electron chi connectivity index (χ3n) is 3.13. The van der Waals surface area contributed by atoms with Crippen molar-refractivity contribution in [2.45, 2.75) is 32.4 Å². The molecule has 1 aromatic rings. The van der Waals surface area contributed by atoms with Crippen molar-refractivity contribution in [1.29, 1.82) is 0 Å². The van der Waals surface area contributed by atoms with Crippen LogP contribution in [0.15, 0.2) is 35.3 Å². The van der Waals surface area contributed by atoms with Gasteiger partial charge < -0.3 is 15.4 Å². The largest absolute Gasteiger partial charge is 0.375 e. The van der Waals surface area contributed by atoms with E-state index in [-0.39, 0.29) is 30.1 Å². The van der Waals surface area contributed by atoms with Crippen LogP contribution in [0.5, 0.6) is 0 Å². The summed E-state index contributed by atoms with van der Waals surface area (Å²) >= 11 is 0. The van der Waals surface area contributed by atoms with Crippen molar-refractivity contribution >= 4 is 29.9 Å². The molecule has 0 bridgehead atoms. The van der Waals surface area contributed by atoms with Crippen molar-refractivity contribution in [1.82, 2.24) is 10.6 Å². The maximum Gasteiger partial charge on any atom is 0.191 e. The molecule has 5 heteroatoms. The summed E-state index contributed by atoms with van der Waals surface area (Å²) in [5.41, 5.74) is 1.16. The summed E-state index contributed by atoms with van der Waals surface area (Å²) in [5.74, 6) is 0.812. The van der Waals surface area contributed by atoms with Gasteiger partial charge in [-0.05, 0) is 18.9 Å². The lowest BCUT2D eigenvalue weighted by Gasteiger charge is -2.20. The van der Waals surface area contributed by atoms with Crippen LogP contribution < -0.4 is 10.6 Å². The molecule has 2 unspecified atom stereocenters. The highest BCUT2D eigenvalue weighted by atomic mass is 127. The summed E-state index contributed by atoms with van der Waals surface area (Å²) in [6.45, 7) is 4.97. The molecule has 0 aliphatic rings. The van der Waals surface area contributed by atoms with Crippen molar-refractivity contribution in [3.63, 3.8) is 0 Å². The fourth-order valence-electron chi connectivity index (χ4n) is 1.72. The average Bonchev–Trinajstić information content (AvgIpc) is 2.47. The van der Waals surface area contributed by atoms with Gasteiger partial charge in [-0.2, -0.15) is 0 Å². The Balaban J connectivity index is 0.00000361. The van der Waals surface area contributed by atoms with E-state index in [1.54, 1.807) is 14.2 Å². The summed E-state index contributed by atoms with van der Waals surface area (Å²) in [6.07, 6.45) is 1.09. The number of aliphatic imine (C=N–C) groups is 1. The molecule has 114 valence electrons. The first kappa shape index (κ1) is 19.2. The minimum absolute atomic E-state index is 0. The van der Waals surface area contributed by atoms with Crippen molar-refractivity contribution < 1.29 is 4.74 Å². The Hall–Kier alpha value is -0.820. The van der Waals surface area contributed by atoms with E-state index in [9.17, 15) is 0 Å². The van der Waals surface area contributed by atoms with E-state index in [0.717, 1.165) is 17.9 Å². The van der Waals surface area contributed by atoms with Crippen molar-refractivity contribution in [3.05, 3.63) is 35.9 Å². The molecule has 0 aliphatic carbocycles. The van der Waals surface area contributed by atoms with E-state index in [4.69, 9.17) is 4.74 Å². The van der Waals surface area contributed by atoms with Gasteiger partial charge in [-0.1, -0.05) is 37.3 Å². The number of nitrogens with zero attached hydrogens (tertiary/aromatic N) is 1. The highest BCUT2D eigenvalue weighted by molar-refractivity contribution is 14.0. The van der Waals surface area contributed by atoms with Crippen LogP contribution in [0.2, 0.25) is 0 Å². The predicted molar refractivity (Wildman–Crippen MR) is 95.9 cm³/mol. The molecule has 20 heavy (non-hydrogen) atoms. The number of halogens is 1. The van der Waals surface area contributed by atoms with Gasteiger partial charge in [0, 0.05) is 26.7 Å². The van der Waals surface area contributed by atoms with Crippen LogP contribution >= 0.6 is 24.0 Å². The van der Waals surface area contributed by atoms with E-state index >= 15 is 0 Å². The standard InChI is InChI=1S/C15H25N3O.HI/c1-5-12(2)18-15(16-3)17-11-14(19-4)13-9-7-6-8-10-13;/h6-10,12,14H,5,11H2,1-4H3,(H2,16,17,18);1H. The number of rotatable bonds is 6. The molecule has 4 nitrogen and oxygen atoms in total. The van der Waals surface area contributed by atoms with Crippen molar-refractivity contribution in [2.75, 3.05) is 20.7 Å². The van der Waals surface area contributed by atoms with E-state index in [1.807, 2.05) is 18.2 Å². The fourth-order valence-corrected chi connectivity index (χ4v) is 1.72. The van der Waals surface area contributed by atoms with Crippen LogP contribution in [0.4, 0.5) is 0 Å². The Morgan fingerprint density at radius 3 is 2.45 bits per heavy atom. The average molecular weight is 391 g/mol. The minimum atomic E-state index is 0. The first-order valence-electron chi connectivity index (χ1n) is 6.76. The summed E-state index contributed by atoms with van der Waals surface area (Å²) in [5, 5.41) is 6.63. The van der Waals surface area contributed by atoms with E-state index in [0.29, 0.717) is 12.6 Å².